The van der Waals surface area contributed by atoms with Gasteiger partial charge < -0.3 is 10.1 Å². The number of benzene rings is 1. The molecule has 0 radical (unpaired) electrons. The Bertz CT molecular complexity index is 542. The van der Waals surface area contributed by atoms with E-state index in [1.165, 1.54) is 5.56 Å². The molecule has 1 heterocycles. The van der Waals surface area contributed by atoms with Crippen LogP contribution in [-0.2, 0) is 0 Å². The summed E-state index contributed by atoms with van der Waals surface area (Å²) in [5.74, 6) is 1.46. The van der Waals surface area contributed by atoms with Gasteiger partial charge in [0.15, 0.2) is 0 Å². The Kier molecular flexibility index (Phi) is 5.79. The normalized spacial score (nSPS) is 12.2. The maximum atomic E-state index is 5.79. The number of para-hydroxylation sites is 1. The highest BCUT2D eigenvalue weighted by Gasteiger charge is 2.06. The van der Waals surface area contributed by atoms with Crippen LogP contribution in [0.15, 0.2) is 42.6 Å². The standard InChI is InChI=1S/C16H19IN2O/c1-3-10-18-12(2)13-8-9-16(19-11-13)20-15-7-5-4-6-14(15)17/h4-9,11-12,18H,3,10H2,1-2H3. The number of rotatable bonds is 6. The number of hydrogen-bond donors (Lipinski definition) is 1. The third-order valence-corrected chi connectivity index (χ3v) is 3.90. The third-order valence-electron chi connectivity index (χ3n) is 3.01. The average Bonchev–Trinajstić information content (AvgIpc) is 2.48. The zero-order valence-electron chi connectivity index (χ0n) is 11.8. The number of aromatic nitrogens is 1. The van der Waals surface area contributed by atoms with Crippen molar-refractivity contribution in [2.24, 2.45) is 0 Å². The molecule has 3 nitrogen and oxygen atoms in total. The lowest BCUT2D eigenvalue weighted by atomic mass is 10.1. The van der Waals surface area contributed by atoms with Crippen LogP contribution < -0.4 is 10.1 Å². The van der Waals surface area contributed by atoms with Crippen molar-refractivity contribution in [3.63, 3.8) is 0 Å². The summed E-state index contributed by atoms with van der Waals surface area (Å²) in [6.07, 6.45) is 3.00. The quantitative estimate of drug-likeness (QED) is 0.745. The second kappa shape index (κ2) is 7.59. The molecule has 1 N–H and O–H groups in total. The van der Waals surface area contributed by atoms with Crippen molar-refractivity contribution in [1.29, 1.82) is 0 Å². The summed E-state index contributed by atoms with van der Waals surface area (Å²) in [5, 5.41) is 3.44. The maximum Gasteiger partial charge on any atom is 0.219 e. The van der Waals surface area contributed by atoms with Crippen LogP contribution >= 0.6 is 22.6 Å². The van der Waals surface area contributed by atoms with E-state index < -0.39 is 0 Å². The van der Waals surface area contributed by atoms with Gasteiger partial charge in [-0.05, 0) is 60.2 Å². The molecule has 0 aliphatic carbocycles. The highest BCUT2D eigenvalue weighted by atomic mass is 127. The van der Waals surface area contributed by atoms with Crippen molar-refractivity contribution in [2.45, 2.75) is 26.3 Å². The molecule has 20 heavy (non-hydrogen) atoms. The largest absolute Gasteiger partial charge is 0.438 e. The summed E-state index contributed by atoms with van der Waals surface area (Å²) >= 11 is 2.26. The smallest absolute Gasteiger partial charge is 0.219 e. The third kappa shape index (κ3) is 4.18. The molecule has 2 rings (SSSR count). The molecule has 1 aromatic heterocycles. The van der Waals surface area contributed by atoms with Crippen molar-refractivity contribution < 1.29 is 4.74 Å². The maximum absolute atomic E-state index is 5.79. The molecular weight excluding hydrogens is 363 g/mol. The highest BCUT2D eigenvalue weighted by molar-refractivity contribution is 14.1. The van der Waals surface area contributed by atoms with Crippen LogP contribution in [0.2, 0.25) is 0 Å². The Labute approximate surface area is 133 Å². The van der Waals surface area contributed by atoms with Gasteiger partial charge in [0.05, 0.1) is 3.57 Å². The SMILES string of the molecule is CCCNC(C)c1ccc(Oc2ccccc2I)nc1. The van der Waals surface area contributed by atoms with Gasteiger partial charge >= 0.3 is 0 Å². The summed E-state index contributed by atoms with van der Waals surface area (Å²) in [4.78, 5) is 4.38. The van der Waals surface area contributed by atoms with Crippen LogP contribution in [0.1, 0.15) is 31.9 Å². The zero-order valence-corrected chi connectivity index (χ0v) is 13.9. The van der Waals surface area contributed by atoms with Crippen molar-refractivity contribution in [3.8, 4) is 11.6 Å². The number of nitrogens with one attached hydrogen (secondary N) is 1. The monoisotopic (exact) mass is 382 g/mol. The first-order valence-electron chi connectivity index (χ1n) is 6.82. The van der Waals surface area contributed by atoms with Gasteiger partial charge in [-0.2, -0.15) is 0 Å². The Morgan fingerprint density at radius 3 is 2.70 bits per heavy atom. The van der Waals surface area contributed by atoms with Gasteiger partial charge in [-0.1, -0.05) is 25.1 Å². The van der Waals surface area contributed by atoms with Crippen LogP contribution in [0, 0.1) is 3.57 Å². The lowest BCUT2D eigenvalue weighted by Gasteiger charge is -2.13. The van der Waals surface area contributed by atoms with E-state index in [4.69, 9.17) is 4.74 Å². The molecule has 0 spiro atoms. The fraction of sp³-hybridized carbons (Fsp3) is 0.312. The second-order valence-corrected chi connectivity index (χ2v) is 5.80. The molecule has 0 amide bonds. The van der Waals surface area contributed by atoms with E-state index in [2.05, 4.69) is 52.8 Å². The highest BCUT2D eigenvalue weighted by Crippen LogP contribution is 2.25. The van der Waals surface area contributed by atoms with E-state index in [0.717, 1.165) is 22.3 Å². The summed E-state index contributed by atoms with van der Waals surface area (Å²) in [7, 11) is 0. The Hall–Kier alpha value is -1.14. The van der Waals surface area contributed by atoms with E-state index in [-0.39, 0.29) is 0 Å². The molecule has 1 aromatic carbocycles. The minimum atomic E-state index is 0.313. The first-order valence-corrected chi connectivity index (χ1v) is 7.90. The van der Waals surface area contributed by atoms with Gasteiger partial charge in [-0.15, -0.1) is 0 Å². The van der Waals surface area contributed by atoms with Gasteiger partial charge in [-0.3, -0.25) is 0 Å². The van der Waals surface area contributed by atoms with E-state index in [1.54, 1.807) is 0 Å². The Morgan fingerprint density at radius 1 is 1.25 bits per heavy atom. The molecule has 0 aliphatic rings. The number of pyridine rings is 1. The average molecular weight is 382 g/mol. The lowest BCUT2D eigenvalue weighted by molar-refractivity contribution is 0.458. The van der Waals surface area contributed by atoms with E-state index in [1.807, 2.05) is 36.5 Å². The molecule has 1 atom stereocenters. The zero-order chi connectivity index (χ0) is 14.4. The molecule has 4 heteroatoms. The van der Waals surface area contributed by atoms with Crippen LogP contribution in [0.5, 0.6) is 11.6 Å². The summed E-state index contributed by atoms with van der Waals surface area (Å²) in [6, 6.07) is 12.2. The van der Waals surface area contributed by atoms with Crippen LogP contribution in [0.25, 0.3) is 0 Å². The van der Waals surface area contributed by atoms with E-state index in [0.29, 0.717) is 11.9 Å². The number of halogens is 1. The van der Waals surface area contributed by atoms with Crippen LogP contribution in [0.3, 0.4) is 0 Å². The van der Waals surface area contributed by atoms with Crippen molar-refractivity contribution >= 4 is 22.6 Å². The lowest BCUT2D eigenvalue weighted by Crippen LogP contribution is -2.19. The minimum absolute atomic E-state index is 0.313. The predicted octanol–water partition coefficient (Wildman–Crippen LogP) is 4.54. The van der Waals surface area contributed by atoms with Gasteiger partial charge in [0.25, 0.3) is 0 Å². The van der Waals surface area contributed by atoms with Crippen molar-refractivity contribution in [2.75, 3.05) is 6.54 Å². The van der Waals surface area contributed by atoms with Crippen LogP contribution in [-0.4, -0.2) is 11.5 Å². The molecule has 0 saturated heterocycles. The first kappa shape index (κ1) is 15.3. The Balaban J connectivity index is 2.03. The van der Waals surface area contributed by atoms with Gasteiger partial charge in [-0.25, -0.2) is 4.98 Å². The molecule has 0 aliphatic heterocycles. The first-order chi connectivity index (χ1) is 9.70. The molecule has 106 valence electrons. The molecule has 0 saturated carbocycles. The number of hydrogen-bond acceptors (Lipinski definition) is 3. The molecular formula is C16H19IN2O. The topological polar surface area (TPSA) is 34.1 Å². The van der Waals surface area contributed by atoms with Crippen LogP contribution in [0.4, 0.5) is 0 Å². The summed E-state index contributed by atoms with van der Waals surface area (Å²) in [6.45, 7) is 5.32. The molecule has 0 bridgehead atoms. The summed E-state index contributed by atoms with van der Waals surface area (Å²) < 4.78 is 6.86. The number of ether oxygens (including phenoxy) is 1. The Morgan fingerprint density at radius 2 is 2.05 bits per heavy atom. The predicted molar refractivity (Wildman–Crippen MR) is 90.2 cm³/mol. The number of nitrogens with zero attached hydrogens (tertiary/aromatic N) is 1. The summed E-state index contributed by atoms with van der Waals surface area (Å²) in [5.41, 5.74) is 1.17. The minimum Gasteiger partial charge on any atom is -0.438 e. The van der Waals surface area contributed by atoms with Crippen molar-refractivity contribution in [3.05, 3.63) is 51.7 Å². The molecule has 0 fully saturated rings. The van der Waals surface area contributed by atoms with Crippen molar-refractivity contribution in [1.82, 2.24) is 10.3 Å². The van der Waals surface area contributed by atoms with E-state index >= 15 is 0 Å². The van der Waals surface area contributed by atoms with Gasteiger partial charge in [0, 0.05) is 18.3 Å². The van der Waals surface area contributed by atoms with Gasteiger partial charge in [0.1, 0.15) is 5.75 Å². The fourth-order valence-electron chi connectivity index (χ4n) is 1.83. The molecule has 2 aromatic rings. The van der Waals surface area contributed by atoms with E-state index in [9.17, 15) is 0 Å². The molecule has 1 unspecified atom stereocenters. The van der Waals surface area contributed by atoms with Gasteiger partial charge in [0.2, 0.25) is 5.88 Å². The fourth-order valence-corrected chi connectivity index (χ4v) is 2.32. The second-order valence-electron chi connectivity index (χ2n) is 4.64.